The molecule has 0 aliphatic carbocycles. The number of nitrogens with zero attached hydrogens (tertiary/aromatic N) is 3. The maximum Gasteiger partial charge on any atom is 0.281 e. The highest BCUT2D eigenvalue weighted by molar-refractivity contribution is 7.08. The van der Waals surface area contributed by atoms with Crippen LogP contribution < -0.4 is 11.2 Å². The van der Waals surface area contributed by atoms with Crippen LogP contribution in [-0.4, -0.2) is 19.9 Å². The Morgan fingerprint density at radius 2 is 2.05 bits per heavy atom. The molecule has 2 aromatic heterocycles. The molecule has 20 heavy (non-hydrogen) atoms. The van der Waals surface area contributed by atoms with Crippen molar-refractivity contribution in [1.82, 2.24) is 14.0 Å². The first-order valence-electron chi connectivity index (χ1n) is 5.86. The molecule has 100 valence electrons. The molecule has 0 saturated carbocycles. The first-order chi connectivity index (χ1) is 9.74. The summed E-state index contributed by atoms with van der Waals surface area (Å²) in [6.45, 7) is 0. The summed E-state index contributed by atoms with van der Waals surface area (Å²) < 4.78 is 5.29. The van der Waals surface area contributed by atoms with Gasteiger partial charge in [-0.15, -0.1) is 0 Å². The fourth-order valence-electron chi connectivity index (χ4n) is 1.73. The lowest BCUT2D eigenvalue weighted by molar-refractivity contribution is 0.101. The number of rotatable bonds is 3. The fourth-order valence-corrected chi connectivity index (χ4v) is 2.22. The zero-order chi connectivity index (χ0) is 13.9. The number of aromatic nitrogens is 3. The maximum atomic E-state index is 11.9. The predicted molar refractivity (Wildman–Crippen MR) is 77.9 cm³/mol. The Bertz CT molecular complexity index is 721. The van der Waals surface area contributed by atoms with E-state index in [0.717, 1.165) is 17.1 Å². The van der Waals surface area contributed by atoms with E-state index in [1.54, 1.807) is 18.5 Å². The van der Waals surface area contributed by atoms with E-state index in [2.05, 4.69) is 14.8 Å². The number of imidazole rings is 1. The molecule has 0 fully saturated rings. The van der Waals surface area contributed by atoms with Crippen LogP contribution in [0.25, 0.3) is 11.3 Å². The number of nitrogen functional groups attached to an aromatic ring is 1. The molecule has 0 unspecified atom stereocenters. The lowest BCUT2D eigenvalue weighted by Crippen LogP contribution is -2.22. The molecular weight excluding hydrogens is 274 g/mol. The number of carbonyl (C=O) groups excluding carboxylic acids is 1. The molecule has 1 amide bonds. The molecule has 0 saturated heterocycles. The Hall–Kier alpha value is -2.67. The second-order valence-corrected chi connectivity index (χ2v) is 4.87. The summed E-state index contributed by atoms with van der Waals surface area (Å²) in [6, 6.07) is 11.3. The SMILES string of the molecule is Nc1nc(-c2ccccc2)cn1NC(=O)c1ccns1. The predicted octanol–water partition coefficient (Wildman–Crippen LogP) is 1.97. The largest absolute Gasteiger partial charge is 0.368 e. The smallest absolute Gasteiger partial charge is 0.281 e. The van der Waals surface area contributed by atoms with Crippen LogP contribution in [0.4, 0.5) is 5.95 Å². The summed E-state index contributed by atoms with van der Waals surface area (Å²) in [5.41, 5.74) is 10.1. The van der Waals surface area contributed by atoms with Crippen molar-refractivity contribution in [2.45, 2.75) is 0 Å². The molecule has 0 aliphatic rings. The summed E-state index contributed by atoms with van der Waals surface area (Å²) in [6.07, 6.45) is 3.26. The highest BCUT2D eigenvalue weighted by atomic mass is 32.1. The molecule has 2 heterocycles. The van der Waals surface area contributed by atoms with E-state index in [4.69, 9.17) is 5.73 Å². The van der Waals surface area contributed by atoms with Gasteiger partial charge in [0, 0.05) is 11.8 Å². The van der Waals surface area contributed by atoms with Crippen molar-refractivity contribution in [3.8, 4) is 11.3 Å². The van der Waals surface area contributed by atoms with Gasteiger partial charge in [0.1, 0.15) is 4.88 Å². The standard InChI is InChI=1S/C13H11N5OS/c14-13-16-10(9-4-2-1-3-5-9)8-18(13)17-12(19)11-6-7-15-20-11/h1-8H,(H2,14,16)(H,17,19). The molecule has 7 heteroatoms. The minimum atomic E-state index is -0.267. The Morgan fingerprint density at radius 3 is 2.75 bits per heavy atom. The number of benzene rings is 1. The normalized spacial score (nSPS) is 10.4. The Balaban J connectivity index is 1.85. The van der Waals surface area contributed by atoms with Crippen LogP contribution in [0.3, 0.4) is 0 Å². The average Bonchev–Trinajstić information content (AvgIpc) is 3.10. The van der Waals surface area contributed by atoms with Crippen LogP contribution in [-0.2, 0) is 0 Å². The van der Waals surface area contributed by atoms with Crippen molar-refractivity contribution in [2.75, 3.05) is 11.2 Å². The minimum absolute atomic E-state index is 0.224. The maximum absolute atomic E-state index is 11.9. The Kier molecular flexibility index (Phi) is 3.18. The number of carbonyl (C=O) groups is 1. The van der Waals surface area contributed by atoms with Gasteiger partial charge in [0.05, 0.1) is 11.9 Å². The summed E-state index contributed by atoms with van der Waals surface area (Å²) >= 11 is 1.12. The van der Waals surface area contributed by atoms with Crippen molar-refractivity contribution < 1.29 is 4.79 Å². The van der Waals surface area contributed by atoms with Gasteiger partial charge in [-0.25, -0.2) is 14.0 Å². The van der Waals surface area contributed by atoms with Crippen LogP contribution in [0.1, 0.15) is 9.67 Å². The topological polar surface area (TPSA) is 85.8 Å². The lowest BCUT2D eigenvalue weighted by Gasteiger charge is -2.04. The Labute approximate surface area is 119 Å². The van der Waals surface area contributed by atoms with E-state index < -0.39 is 0 Å². The fraction of sp³-hybridized carbons (Fsp3) is 0. The van der Waals surface area contributed by atoms with Gasteiger partial charge < -0.3 is 5.73 Å². The number of hydrogen-bond acceptors (Lipinski definition) is 5. The molecule has 0 atom stereocenters. The van der Waals surface area contributed by atoms with Crippen LogP contribution in [0.5, 0.6) is 0 Å². The summed E-state index contributed by atoms with van der Waals surface area (Å²) in [4.78, 5) is 16.7. The number of anilines is 1. The zero-order valence-corrected chi connectivity index (χ0v) is 11.2. The van der Waals surface area contributed by atoms with E-state index in [-0.39, 0.29) is 11.9 Å². The first-order valence-corrected chi connectivity index (χ1v) is 6.64. The minimum Gasteiger partial charge on any atom is -0.368 e. The number of nitrogens with one attached hydrogen (secondary N) is 1. The number of hydrogen-bond donors (Lipinski definition) is 2. The number of amides is 1. The molecule has 3 aromatic rings. The van der Waals surface area contributed by atoms with Gasteiger partial charge in [-0.2, -0.15) is 0 Å². The van der Waals surface area contributed by atoms with E-state index in [1.165, 1.54) is 4.68 Å². The quantitative estimate of drug-likeness (QED) is 0.770. The van der Waals surface area contributed by atoms with Gasteiger partial charge >= 0.3 is 0 Å². The van der Waals surface area contributed by atoms with E-state index >= 15 is 0 Å². The zero-order valence-electron chi connectivity index (χ0n) is 10.4. The Morgan fingerprint density at radius 1 is 1.25 bits per heavy atom. The third-order valence-electron chi connectivity index (χ3n) is 2.69. The molecular formula is C13H11N5OS. The van der Waals surface area contributed by atoms with Gasteiger partial charge in [0.15, 0.2) is 0 Å². The molecule has 0 spiro atoms. The third-order valence-corrected chi connectivity index (χ3v) is 3.43. The summed E-state index contributed by atoms with van der Waals surface area (Å²) in [5, 5.41) is 0. The monoisotopic (exact) mass is 285 g/mol. The van der Waals surface area contributed by atoms with Gasteiger partial charge in [-0.3, -0.25) is 10.2 Å². The summed E-state index contributed by atoms with van der Waals surface area (Å²) in [5.74, 6) is -0.0436. The van der Waals surface area contributed by atoms with Gasteiger partial charge in [-0.05, 0) is 17.6 Å². The van der Waals surface area contributed by atoms with Crippen molar-refractivity contribution in [2.24, 2.45) is 0 Å². The molecule has 1 aromatic carbocycles. The second kappa shape index (κ2) is 5.14. The van der Waals surface area contributed by atoms with E-state index in [1.807, 2.05) is 30.3 Å². The molecule has 0 radical (unpaired) electrons. The van der Waals surface area contributed by atoms with Crippen LogP contribution in [0.15, 0.2) is 48.8 Å². The highest BCUT2D eigenvalue weighted by Gasteiger charge is 2.11. The van der Waals surface area contributed by atoms with Gasteiger partial charge in [0.25, 0.3) is 5.91 Å². The number of nitrogens with two attached hydrogens (primary N) is 1. The van der Waals surface area contributed by atoms with Crippen LogP contribution >= 0.6 is 11.5 Å². The molecule has 6 nitrogen and oxygen atoms in total. The first kappa shape index (κ1) is 12.4. The van der Waals surface area contributed by atoms with Crippen molar-refractivity contribution >= 4 is 23.4 Å². The van der Waals surface area contributed by atoms with Crippen LogP contribution in [0.2, 0.25) is 0 Å². The molecule has 0 bridgehead atoms. The average molecular weight is 285 g/mol. The van der Waals surface area contributed by atoms with Crippen molar-refractivity contribution in [1.29, 1.82) is 0 Å². The van der Waals surface area contributed by atoms with Crippen molar-refractivity contribution in [3.63, 3.8) is 0 Å². The van der Waals surface area contributed by atoms with E-state index in [0.29, 0.717) is 10.6 Å². The lowest BCUT2D eigenvalue weighted by atomic mass is 10.2. The van der Waals surface area contributed by atoms with Crippen molar-refractivity contribution in [3.05, 3.63) is 53.7 Å². The van der Waals surface area contributed by atoms with E-state index in [9.17, 15) is 4.79 Å². The van der Waals surface area contributed by atoms with Gasteiger partial charge in [-0.1, -0.05) is 30.3 Å². The third kappa shape index (κ3) is 2.39. The molecule has 0 aliphatic heterocycles. The molecule has 3 rings (SSSR count). The molecule has 3 N–H and O–H groups in total. The van der Waals surface area contributed by atoms with Crippen LogP contribution in [0, 0.1) is 0 Å². The summed E-state index contributed by atoms with van der Waals surface area (Å²) in [7, 11) is 0. The highest BCUT2D eigenvalue weighted by Crippen LogP contribution is 2.18. The van der Waals surface area contributed by atoms with Gasteiger partial charge in [0.2, 0.25) is 5.95 Å². The second-order valence-electron chi connectivity index (χ2n) is 4.04.